The summed E-state index contributed by atoms with van der Waals surface area (Å²) in [5.74, 6) is 0.848. The Hall–Kier alpha value is -0.610. The van der Waals surface area contributed by atoms with Crippen molar-refractivity contribution in [3.63, 3.8) is 0 Å². The summed E-state index contributed by atoms with van der Waals surface area (Å²) >= 11 is 1.98. The van der Waals surface area contributed by atoms with Gasteiger partial charge >= 0.3 is 0 Å². The number of aromatic nitrogens is 2. The second-order valence-corrected chi connectivity index (χ2v) is 5.36. The first-order chi connectivity index (χ1) is 7.24. The maximum Gasteiger partial charge on any atom is 0.125 e. The van der Waals surface area contributed by atoms with Gasteiger partial charge in [-0.2, -0.15) is 11.8 Å². The van der Waals surface area contributed by atoms with E-state index in [2.05, 4.69) is 21.5 Å². The molecule has 1 aliphatic rings. The second kappa shape index (κ2) is 4.49. The standard InChI is InChI=1S/C11H17N3S/c1-9-13-6-3-10(14-9)7-12-8-11(15-2)4-5-11/h3,6,12H,4-5,7-8H2,1-2H3. The van der Waals surface area contributed by atoms with Crippen LogP contribution in [0.2, 0.25) is 0 Å². The zero-order valence-corrected chi connectivity index (χ0v) is 10.1. The number of nitrogens with zero attached hydrogens (tertiary/aromatic N) is 2. The highest BCUT2D eigenvalue weighted by Gasteiger charge is 2.41. The van der Waals surface area contributed by atoms with Gasteiger partial charge in [0.05, 0.1) is 5.69 Å². The number of hydrogen-bond donors (Lipinski definition) is 1. The molecule has 0 amide bonds. The van der Waals surface area contributed by atoms with Gasteiger partial charge in [-0.1, -0.05) is 0 Å². The van der Waals surface area contributed by atoms with E-state index in [0.29, 0.717) is 4.75 Å². The average Bonchev–Trinajstić information content (AvgIpc) is 2.99. The van der Waals surface area contributed by atoms with Crippen molar-refractivity contribution in [3.05, 3.63) is 23.8 Å². The van der Waals surface area contributed by atoms with E-state index in [1.807, 2.05) is 30.9 Å². The molecule has 1 heterocycles. The second-order valence-electron chi connectivity index (χ2n) is 4.09. The smallest absolute Gasteiger partial charge is 0.125 e. The molecule has 1 fully saturated rings. The van der Waals surface area contributed by atoms with Crippen LogP contribution < -0.4 is 5.32 Å². The Morgan fingerprint density at radius 2 is 2.33 bits per heavy atom. The Balaban J connectivity index is 1.78. The van der Waals surface area contributed by atoms with Crippen LogP contribution >= 0.6 is 11.8 Å². The number of thioether (sulfide) groups is 1. The molecule has 0 bridgehead atoms. The first-order valence-corrected chi connectivity index (χ1v) is 6.51. The fraction of sp³-hybridized carbons (Fsp3) is 0.636. The molecule has 0 saturated heterocycles. The third kappa shape index (κ3) is 2.92. The maximum absolute atomic E-state index is 4.36. The van der Waals surface area contributed by atoms with Crippen molar-refractivity contribution in [2.75, 3.05) is 12.8 Å². The summed E-state index contributed by atoms with van der Waals surface area (Å²) in [6, 6.07) is 1.97. The van der Waals surface area contributed by atoms with Crippen molar-refractivity contribution in [1.29, 1.82) is 0 Å². The normalized spacial score (nSPS) is 17.7. The lowest BCUT2D eigenvalue weighted by Gasteiger charge is -2.12. The highest BCUT2D eigenvalue weighted by Crippen LogP contribution is 2.46. The van der Waals surface area contributed by atoms with Crippen molar-refractivity contribution in [2.24, 2.45) is 0 Å². The van der Waals surface area contributed by atoms with E-state index in [9.17, 15) is 0 Å². The lowest BCUT2D eigenvalue weighted by atomic mass is 10.3. The Morgan fingerprint density at radius 1 is 1.53 bits per heavy atom. The van der Waals surface area contributed by atoms with Crippen LogP contribution in [0.5, 0.6) is 0 Å². The predicted molar refractivity (Wildman–Crippen MR) is 64.0 cm³/mol. The van der Waals surface area contributed by atoms with Crippen LogP contribution in [0.25, 0.3) is 0 Å². The van der Waals surface area contributed by atoms with E-state index < -0.39 is 0 Å². The molecule has 2 rings (SSSR count). The summed E-state index contributed by atoms with van der Waals surface area (Å²) < 4.78 is 0.530. The molecule has 1 N–H and O–H groups in total. The molecule has 1 aliphatic carbocycles. The van der Waals surface area contributed by atoms with E-state index in [0.717, 1.165) is 24.6 Å². The Morgan fingerprint density at radius 3 is 2.93 bits per heavy atom. The molecule has 0 atom stereocenters. The molecule has 1 aromatic heterocycles. The SMILES string of the molecule is CSC1(CNCc2ccnc(C)n2)CC1. The first kappa shape index (κ1) is 10.9. The van der Waals surface area contributed by atoms with E-state index in [4.69, 9.17) is 0 Å². The Bertz CT molecular complexity index is 336. The summed E-state index contributed by atoms with van der Waals surface area (Å²) in [6.07, 6.45) is 6.72. The summed E-state index contributed by atoms with van der Waals surface area (Å²) in [7, 11) is 0. The van der Waals surface area contributed by atoms with Crippen LogP contribution in [0, 0.1) is 6.92 Å². The van der Waals surface area contributed by atoms with Gasteiger partial charge in [-0.3, -0.25) is 0 Å². The lowest BCUT2D eigenvalue weighted by molar-refractivity contribution is 0.650. The number of rotatable bonds is 5. The largest absolute Gasteiger partial charge is 0.310 e. The van der Waals surface area contributed by atoms with Crippen LogP contribution in [0.4, 0.5) is 0 Å². The average molecular weight is 223 g/mol. The monoisotopic (exact) mass is 223 g/mol. The molecule has 0 aromatic carbocycles. The first-order valence-electron chi connectivity index (χ1n) is 5.28. The molecule has 15 heavy (non-hydrogen) atoms. The quantitative estimate of drug-likeness (QED) is 0.825. The molecule has 0 radical (unpaired) electrons. The number of hydrogen-bond acceptors (Lipinski definition) is 4. The molecule has 4 heteroatoms. The molecular weight excluding hydrogens is 206 g/mol. The Kier molecular flexibility index (Phi) is 3.26. The zero-order valence-electron chi connectivity index (χ0n) is 9.29. The minimum Gasteiger partial charge on any atom is -0.310 e. The van der Waals surface area contributed by atoms with Gasteiger partial charge in [0.2, 0.25) is 0 Å². The van der Waals surface area contributed by atoms with Crippen LogP contribution in [0.1, 0.15) is 24.4 Å². The molecule has 0 spiro atoms. The highest BCUT2D eigenvalue weighted by atomic mass is 32.2. The third-order valence-electron chi connectivity index (χ3n) is 2.83. The molecule has 0 unspecified atom stereocenters. The molecule has 3 nitrogen and oxygen atoms in total. The maximum atomic E-state index is 4.36. The molecule has 82 valence electrons. The molecule has 1 saturated carbocycles. The highest BCUT2D eigenvalue weighted by molar-refractivity contribution is 8.00. The number of nitrogens with one attached hydrogen (secondary N) is 1. The van der Waals surface area contributed by atoms with Crippen LogP contribution in [-0.4, -0.2) is 27.5 Å². The summed E-state index contributed by atoms with van der Waals surface area (Å²) in [5.41, 5.74) is 1.08. The molecular formula is C11H17N3S. The van der Waals surface area contributed by atoms with Crippen LogP contribution in [0.3, 0.4) is 0 Å². The molecule has 1 aromatic rings. The fourth-order valence-corrected chi connectivity index (χ4v) is 2.37. The summed E-state index contributed by atoms with van der Waals surface area (Å²) in [5, 5.41) is 3.47. The van der Waals surface area contributed by atoms with Crippen LogP contribution in [0.15, 0.2) is 12.3 Å². The van der Waals surface area contributed by atoms with Gasteiger partial charge in [-0.15, -0.1) is 0 Å². The van der Waals surface area contributed by atoms with Crippen LogP contribution in [-0.2, 0) is 6.54 Å². The van der Waals surface area contributed by atoms with Gasteiger partial charge < -0.3 is 5.32 Å². The van der Waals surface area contributed by atoms with Gasteiger partial charge in [-0.25, -0.2) is 9.97 Å². The minimum atomic E-state index is 0.530. The topological polar surface area (TPSA) is 37.8 Å². The number of aryl methyl sites for hydroxylation is 1. The molecule has 0 aliphatic heterocycles. The third-order valence-corrected chi connectivity index (χ3v) is 4.25. The zero-order chi connectivity index (χ0) is 10.7. The van der Waals surface area contributed by atoms with Crippen molar-refractivity contribution in [2.45, 2.75) is 31.1 Å². The van der Waals surface area contributed by atoms with Crippen molar-refractivity contribution in [3.8, 4) is 0 Å². The summed E-state index contributed by atoms with van der Waals surface area (Å²) in [4.78, 5) is 8.44. The van der Waals surface area contributed by atoms with Gasteiger partial charge in [0.1, 0.15) is 5.82 Å². The van der Waals surface area contributed by atoms with E-state index in [-0.39, 0.29) is 0 Å². The fourth-order valence-electron chi connectivity index (χ4n) is 1.61. The summed E-state index contributed by atoms with van der Waals surface area (Å²) in [6.45, 7) is 3.87. The Labute approximate surface area is 95.1 Å². The van der Waals surface area contributed by atoms with Gasteiger partial charge in [0.15, 0.2) is 0 Å². The lowest BCUT2D eigenvalue weighted by Crippen LogP contribution is -2.25. The van der Waals surface area contributed by atoms with Gasteiger partial charge in [0.25, 0.3) is 0 Å². The van der Waals surface area contributed by atoms with Gasteiger partial charge in [0, 0.05) is 24.0 Å². The van der Waals surface area contributed by atoms with E-state index in [1.54, 1.807) is 0 Å². The van der Waals surface area contributed by atoms with E-state index >= 15 is 0 Å². The van der Waals surface area contributed by atoms with E-state index in [1.165, 1.54) is 12.8 Å². The minimum absolute atomic E-state index is 0.530. The van der Waals surface area contributed by atoms with Crippen molar-refractivity contribution < 1.29 is 0 Å². The van der Waals surface area contributed by atoms with Crippen molar-refractivity contribution in [1.82, 2.24) is 15.3 Å². The predicted octanol–water partition coefficient (Wildman–Crippen LogP) is 1.77. The van der Waals surface area contributed by atoms with Crippen molar-refractivity contribution >= 4 is 11.8 Å². The van der Waals surface area contributed by atoms with Gasteiger partial charge in [-0.05, 0) is 32.1 Å².